The van der Waals surface area contributed by atoms with E-state index in [0.717, 1.165) is 24.2 Å². The molecule has 0 spiro atoms. The molecule has 3 heterocycles. The maximum Gasteiger partial charge on any atom is 0.234 e. The van der Waals surface area contributed by atoms with Crippen LogP contribution in [0.1, 0.15) is 30.3 Å². The number of anilines is 1. The van der Waals surface area contributed by atoms with Gasteiger partial charge in [0.2, 0.25) is 11.1 Å². The second kappa shape index (κ2) is 6.87. The lowest BCUT2D eigenvalue weighted by Crippen LogP contribution is -2.15. The third kappa shape index (κ3) is 3.59. The van der Waals surface area contributed by atoms with Crippen molar-refractivity contribution in [1.29, 1.82) is 0 Å². The predicted octanol–water partition coefficient (Wildman–Crippen LogP) is 1.94. The SMILES string of the molecule is Cc1cc(C)n(-c2ccc(NC(=O)CSc3nnnn3C3CC3)cn2)n1. The minimum absolute atomic E-state index is 0.124. The quantitative estimate of drug-likeness (QED) is 0.661. The van der Waals surface area contributed by atoms with Gasteiger partial charge >= 0.3 is 0 Å². The third-order valence-electron chi connectivity index (χ3n) is 3.95. The van der Waals surface area contributed by atoms with Crippen LogP contribution in [0.2, 0.25) is 0 Å². The Bertz CT molecular complexity index is 928. The monoisotopic (exact) mass is 370 g/mol. The van der Waals surface area contributed by atoms with Gasteiger partial charge in [-0.2, -0.15) is 5.10 Å². The van der Waals surface area contributed by atoms with Gasteiger partial charge in [-0.05, 0) is 55.3 Å². The van der Waals surface area contributed by atoms with Gasteiger partial charge in [0.1, 0.15) is 0 Å². The second-order valence-electron chi connectivity index (χ2n) is 6.22. The van der Waals surface area contributed by atoms with E-state index in [1.165, 1.54) is 11.8 Å². The Morgan fingerprint density at radius 2 is 2.19 bits per heavy atom. The zero-order valence-corrected chi connectivity index (χ0v) is 15.3. The van der Waals surface area contributed by atoms with E-state index in [1.54, 1.807) is 15.6 Å². The van der Waals surface area contributed by atoms with Crippen LogP contribution in [0.5, 0.6) is 0 Å². The second-order valence-corrected chi connectivity index (χ2v) is 7.16. The molecule has 1 aliphatic rings. The fourth-order valence-electron chi connectivity index (χ4n) is 2.60. The summed E-state index contributed by atoms with van der Waals surface area (Å²) in [6.07, 6.45) is 3.82. The summed E-state index contributed by atoms with van der Waals surface area (Å²) >= 11 is 1.33. The van der Waals surface area contributed by atoms with Gasteiger partial charge in [-0.1, -0.05) is 11.8 Å². The molecular formula is C16H18N8OS. The number of nitrogens with one attached hydrogen (secondary N) is 1. The van der Waals surface area contributed by atoms with Gasteiger partial charge < -0.3 is 5.32 Å². The van der Waals surface area contributed by atoms with Crippen LogP contribution in [-0.2, 0) is 4.79 Å². The number of aromatic nitrogens is 7. The van der Waals surface area contributed by atoms with E-state index in [1.807, 2.05) is 32.0 Å². The van der Waals surface area contributed by atoms with Gasteiger partial charge in [-0.3, -0.25) is 4.79 Å². The average Bonchev–Trinajstić information content (AvgIpc) is 3.26. The molecule has 1 amide bonds. The van der Waals surface area contributed by atoms with E-state index in [9.17, 15) is 4.79 Å². The largest absolute Gasteiger partial charge is 0.324 e. The summed E-state index contributed by atoms with van der Waals surface area (Å²) in [6.45, 7) is 3.92. The average molecular weight is 370 g/mol. The normalized spacial score (nSPS) is 13.8. The zero-order chi connectivity index (χ0) is 18.1. The van der Waals surface area contributed by atoms with E-state index in [-0.39, 0.29) is 11.7 Å². The fraction of sp³-hybridized carbons (Fsp3) is 0.375. The number of pyridine rings is 1. The number of hydrogen-bond donors (Lipinski definition) is 1. The highest BCUT2D eigenvalue weighted by Crippen LogP contribution is 2.36. The highest BCUT2D eigenvalue weighted by molar-refractivity contribution is 7.99. The Morgan fingerprint density at radius 3 is 2.85 bits per heavy atom. The molecule has 1 saturated carbocycles. The summed E-state index contributed by atoms with van der Waals surface area (Å²) in [5, 5.41) is 19.5. The van der Waals surface area contributed by atoms with E-state index >= 15 is 0 Å². The number of amides is 1. The van der Waals surface area contributed by atoms with E-state index in [0.29, 0.717) is 22.7 Å². The topological polar surface area (TPSA) is 103 Å². The molecule has 10 heteroatoms. The molecule has 1 fully saturated rings. The van der Waals surface area contributed by atoms with Crippen LogP contribution < -0.4 is 5.32 Å². The Hall–Kier alpha value is -2.75. The number of thioether (sulfide) groups is 1. The maximum absolute atomic E-state index is 12.2. The molecule has 0 aliphatic heterocycles. The van der Waals surface area contributed by atoms with Crippen LogP contribution in [0.3, 0.4) is 0 Å². The standard InChI is InChI=1S/C16H18N8OS/c1-10-7-11(2)23(20-10)14-6-3-12(8-17-14)18-15(25)9-26-16-19-21-22-24(16)13-4-5-13/h3,6-8,13H,4-5,9H2,1-2H3,(H,18,25). The van der Waals surface area contributed by atoms with Crippen LogP contribution in [0, 0.1) is 13.8 Å². The van der Waals surface area contributed by atoms with Gasteiger partial charge in [0.05, 0.1) is 29.4 Å². The molecule has 9 nitrogen and oxygen atoms in total. The highest BCUT2D eigenvalue weighted by Gasteiger charge is 2.28. The van der Waals surface area contributed by atoms with Crippen molar-refractivity contribution in [2.45, 2.75) is 37.9 Å². The van der Waals surface area contributed by atoms with Gasteiger partial charge in [0.15, 0.2) is 5.82 Å². The fourth-order valence-corrected chi connectivity index (χ4v) is 3.35. The zero-order valence-electron chi connectivity index (χ0n) is 14.5. The Kier molecular flexibility index (Phi) is 4.41. The summed E-state index contributed by atoms with van der Waals surface area (Å²) in [4.78, 5) is 16.5. The van der Waals surface area contributed by atoms with Crippen LogP contribution in [0.4, 0.5) is 5.69 Å². The number of aryl methyl sites for hydroxylation is 2. The van der Waals surface area contributed by atoms with Gasteiger partial charge in [0.25, 0.3) is 0 Å². The molecule has 0 atom stereocenters. The molecule has 0 unspecified atom stereocenters. The van der Waals surface area contributed by atoms with Crippen molar-refractivity contribution in [2.75, 3.05) is 11.1 Å². The molecule has 134 valence electrons. The molecule has 0 aromatic carbocycles. The first-order valence-corrected chi connectivity index (χ1v) is 9.29. The van der Waals surface area contributed by atoms with Crippen LogP contribution in [0.15, 0.2) is 29.6 Å². The number of tetrazole rings is 1. The van der Waals surface area contributed by atoms with E-state index < -0.39 is 0 Å². The first-order chi connectivity index (χ1) is 12.6. The smallest absolute Gasteiger partial charge is 0.234 e. The molecule has 1 aliphatic carbocycles. The Morgan fingerprint density at radius 1 is 1.35 bits per heavy atom. The summed E-state index contributed by atoms with van der Waals surface area (Å²) in [7, 11) is 0. The number of carbonyl (C=O) groups is 1. The minimum Gasteiger partial charge on any atom is -0.324 e. The third-order valence-corrected chi connectivity index (χ3v) is 4.88. The molecule has 26 heavy (non-hydrogen) atoms. The molecular weight excluding hydrogens is 352 g/mol. The van der Waals surface area contributed by atoms with E-state index in [4.69, 9.17) is 0 Å². The highest BCUT2D eigenvalue weighted by atomic mass is 32.2. The number of carbonyl (C=O) groups excluding carboxylic acids is 1. The molecule has 1 N–H and O–H groups in total. The summed E-state index contributed by atoms with van der Waals surface area (Å²) in [5.41, 5.74) is 2.59. The number of rotatable bonds is 6. The van der Waals surface area contributed by atoms with Crippen molar-refractivity contribution in [3.63, 3.8) is 0 Å². The lowest BCUT2D eigenvalue weighted by atomic mass is 10.4. The summed E-state index contributed by atoms with van der Waals surface area (Å²) < 4.78 is 3.57. The van der Waals surface area contributed by atoms with Gasteiger partial charge in [-0.15, -0.1) is 5.10 Å². The molecule has 3 aromatic heterocycles. The van der Waals surface area contributed by atoms with Crippen molar-refractivity contribution in [3.8, 4) is 5.82 Å². The summed E-state index contributed by atoms with van der Waals surface area (Å²) in [5.74, 6) is 0.833. The van der Waals surface area contributed by atoms with Crippen molar-refractivity contribution < 1.29 is 4.79 Å². The molecule has 0 radical (unpaired) electrons. The first-order valence-electron chi connectivity index (χ1n) is 8.30. The molecule has 0 saturated heterocycles. The van der Waals surface area contributed by atoms with Crippen molar-refractivity contribution in [2.24, 2.45) is 0 Å². The Labute approximate surface area is 154 Å². The van der Waals surface area contributed by atoms with Crippen LogP contribution in [0.25, 0.3) is 5.82 Å². The molecule has 3 aromatic rings. The molecule has 4 rings (SSSR count). The van der Waals surface area contributed by atoms with Gasteiger partial charge in [-0.25, -0.2) is 14.3 Å². The maximum atomic E-state index is 12.2. The van der Waals surface area contributed by atoms with Crippen molar-refractivity contribution >= 4 is 23.4 Å². The lowest BCUT2D eigenvalue weighted by molar-refractivity contribution is -0.113. The van der Waals surface area contributed by atoms with Crippen molar-refractivity contribution in [1.82, 2.24) is 35.0 Å². The van der Waals surface area contributed by atoms with Crippen LogP contribution in [-0.4, -0.2) is 46.6 Å². The Balaban J connectivity index is 1.35. The molecule has 0 bridgehead atoms. The predicted molar refractivity (Wildman–Crippen MR) is 96.3 cm³/mol. The minimum atomic E-state index is -0.124. The van der Waals surface area contributed by atoms with E-state index in [2.05, 4.69) is 30.9 Å². The number of hydrogen-bond acceptors (Lipinski definition) is 7. The van der Waals surface area contributed by atoms with Crippen LogP contribution >= 0.6 is 11.8 Å². The summed E-state index contributed by atoms with van der Waals surface area (Å²) in [6, 6.07) is 6.02. The van der Waals surface area contributed by atoms with Gasteiger partial charge in [0, 0.05) is 5.69 Å². The number of nitrogens with zero attached hydrogens (tertiary/aromatic N) is 7. The first kappa shape index (κ1) is 16.7. The lowest BCUT2D eigenvalue weighted by Gasteiger charge is -2.07. The van der Waals surface area contributed by atoms with Crippen molar-refractivity contribution in [3.05, 3.63) is 35.8 Å².